The lowest BCUT2D eigenvalue weighted by Crippen LogP contribution is -2.66. The predicted octanol–water partition coefficient (Wildman–Crippen LogP) is 4.93. The summed E-state index contributed by atoms with van der Waals surface area (Å²) >= 11 is 3.48. The van der Waals surface area contributed by atoms with Gasteiger partial charge in [0, 0.05) is 0 Å². The zero-order valence-electron chi connectivity index (χ0n) is 16.8. The van der Waals surface area contributed by atoms with Crippen molar-refractivity contribution in [3.63, 3.8) is 0 Å². The van der Waals surface area contributed by atoms with Crippen molar-refractivity contribution in [2.45, 2.75) is 32.4 Å². The molecule has 0 amide bonds. The molecule has 3 nitrogen and oxygen atoms in total. The molecular formula is C23H26BrNO2Si. The first-order valence-electron chi connectivity index (χ1n) is 9.33. The highest BCUT2D eigenvalue weighted by Crippen LogP contribution is 2.37. The van der Waals surface area contributed by atoms with Crippen LogP contribution in [0.15, 0.2) is 77.4 Å². The number of pyridine rings is 1. The first kappa shape index (κ1) is 20.8. The second kappa shape index (κ2) is 8.60. The molecule has 0 aliphatic rings. The van der Waals surface area contributed by atoms with E-state index >= 15 is 0 Å². The number of nitrogens with zero attached hydrogens (tertiary/aromatic N) is 1. The second-order valence-electron chi connectivity index (χ2n) is 7.75. The number of benzene rings is 2. The van der Waals surface area contributed by atoms with Gasteiger partial charge in [0.15, 0.2) is 5.75 Å². The van der Waals surface area contributed by atoms with Gasteiger partial charge in [-0.2, -0.15) is 0 Å². The van der Waals surface area contributed by atoms with Gasteiger partial charge in [0.25, 0.3) is 8.32 Å². The Bertz CT molecular complexity index is 871. The number of aromatic nitrogens is 1. The molecule has 0 aliphatic carbocycles. The van der Waals surface area contributed by atoms with Crippen molar-refractivity contribution in [1.29, 1.82) is 0 Å². The Morgan fingerprint density at radius 2 is 1.39 bits per heavy atom. The summed E-state index contributed by atoms with van der Waals surface area (Å²) in [6.07, 6.45) is 0. The van der Waals surface area contributed by atoms with Gasteiger partial charge < -0.3 is 9.16 Å². The Labute approximate surface area is 177 Å². The van der Waals surface area contributed by atoms with E-state index in [-0.39, 0.29) is 5.04 Å². The maximum Gasteiger partial charge on any atom is 0.261 e. The van der Waals surface area contributed by atoms with Crippen LogP contribution in [-0.2, 0) is 11.0 Å². The first-order valence-corrected chi connectivity index (χ1v) is 12.0. The van der Waals surface area contributed by atoms with Gasteiger partial charge in [0.1, 0.15) is 4.60 Å². The second-order valence-corrected chi connectivity index (χ2v) is 12.8. The van der Waals surface area contributed by atoms with E-state index in [4.69, 9.17) is 9.16 Å². The molecule has 0 radical (unpaired) electrons. The molecule has 146 valence electrons. The van der Waals surface area contributed by atoms with Crippen LogP contribution in [0.2, 0.25) is 5.04 Å². The van der Waals surface area contributed by atoms with Crippen LogP contribution >= 0.6 is 15.9 Å². The minimum atomic E-state index is -2.56. The quantitative estimate of drug-likeness (QED) is 0.390. The van der Waals surface area contributed by atoms with Crippen molar-refractivity contribution < 1.29 is 9.16 Å². The zero-order chi connectivity index (χ0) is 20.2. The highest BCUT2D eigenvalue weighted by Gasteiger charge is 2.50. The molecule has 28 heavy (non-hydrogen) atoms. The lowest BCUT2D eigenvalue weighted by Gasteiger charge is -2.43. The fourth-order valence-corrected chi connectivity index (χ4v) is 8.68. The minimum Gasteiger partial charge on any atom is -0.494 e. The van der Waals surface area contributed by atoms with E-state index in [9.17, 15) is 0 Å². The maximum absolute atomic E-state index is 6.90. The molecule has 0 bridgehead atoms. The average Bonchev–Trinajstić information content (AvgIpc) is 2.69. The van der Waals surface area contributed by atoms with Gasteiger partial charge in [0.05, 0.1) is 19.4 Å². The standard InChI is InChI=1S/C23H26BrNO2Si/c1-23(2,3)28(19-11-7-5-8-12-19,20-13-9-6-10-14-20)27-17-18-15-16-21(26-4)22(24)25-18/h5-16H,17H2,1-4H3. The van der Waals surface area contributed by atoms with Crippen molar-refractivity contribution in [2.24, 2.45) is 0 Å². The molecule has 0 atom stereocenters. The van der Waals surface area contributed by atoms with E-state index in [2.05, 4.69) is 102 Å². The van der Waals surface area contributed by atoms with Crippen LogP contribution in [0.5, 0.6) is 5.75 Å². The maximum atomic E-state index is 6.90. The van der Waals surface area contributed by atoms with Crippen LogP contribution < -0.4 is 15.1 Å². The van der Waals surface area contributed by atoms with E-state index in [0.29, 0.717) is 17.0 Å². The highest BCUT2D eigenvalue weighted by atomic mass is 79.9. The highest BCUT2D eigenvalue weighted by molar-refractivity contribution is 9.10. The van der Waals surface area contributed by atoms with E-state index in [0.717, 1.165) is 5.69 Å². The van der Waals surface area contributed by atoms with E-state index in [1.807, 2.05) is 12.1 Å². The Balaban J connectivity index is 2.07. The fourth-order valence-electron chi connectivity index (χ4n) is 3.64. The lowest BCUT2D eigenvalue weighted by molar-refractivity contribution is 0.281. The van der Waals surface area contributed by atoms with E-state index < -0.39 is 8.32 Å². The van der Waals surface area contributed by atoms with Crippen LogP contribution in [0.1, 0.15) is 26.5 Å². The van der Waals surface area contributed by atoms with Crippen LogP contribution in [-0.4, -0.2) is 20.4 Å². The number of rotatable bonds is 6. The smallest absolute Gasteiger partial charge is 0.261 e. The molecule has 0 aliphatic heterocycles. The number of methoxy groups -OCH3 is 1. The van der Waals surface area contributed by atoms with Gasteiger partial charge in [-0.15, -0.1) is 0 Å². The van der Waals surface area contributed by atoms with Gasteiger partial charge in [-0.05, 0) is 43.5 Å². The third-order valence-electron chi connectivity index (χ3n) is 4.95. The molecule has 2 aromatic carbocycles. The monoisotopic (exact) mass is 455 g/mol. The third kappa shape index (κ3) is 4.07. The minimum absolute atomic E-state index is 0.0561. The van der Waals surface area contributed by atoms with Gasteiger partial charge >= 0.3 is 0 Å². The number of hydrogen-bond acceptors (Lipinski definition) is 3. The van der Waals surface area contributed by atoms with Crippen molar-refractivity contribution in [1.82, 2.24) is 4.98 Å². The zero-order valence-corrected chi connectivity index (χ0v) is 19.4. The van der Waals surface area contributed by atoms with Gasteiger partial charge in [-0.3, -0.25) is 0 Å². The summed E-state index contributed by atoms with van der Waals surface area (Å²) in [6.45, 7) is 7.26. The summed E-state index contributed by atoms with van der Waals surface area (Å²) in [5.74, 6) is 0.717. The van der Waals surface area contributed by atoms with Crippen molar-refractivity contribution in [2.75, 3.05) is 7.11 Å². The number of halogens is 1. The van der Waals surface area contributed by atoms with Crippen molar-refractivity contribution >= 4 is 34.6 Å². The summed E-state index contributed by atoms with van der Waals surface area (Å²) in [5.41, 5.74) is 0.876. The SMILES string of the molecule is COc1ccc(CO[Si](c2ccccc2)(c2ccccc2)C(C)(C)C)nc1Br. The molecule has 1 heterocycles. The molecule has 0 unspecified atom stereocenters. The molecule has 5 heteroatoms. The van der Waals surface area contributed by atoms with Crippen LogP contribution in [0.3, 0.4) is 0 Å². The Morgan fingerprint density at radius 1 is 0.857 bits per heavy atom. The van der Waals surface area contributed by atoms with E-state index in [1.165, 1.54) is 10.4 Å². The van der Waals surface area contributed by atoms with E-state index in [1.54, 1.807) is 7.11 Å². The predicted molar refractivity (Wildman–Crippen MR) is 121 cm³/mol. The normalized spacial score (nSPS) is 12.0. The van der Waals surface area contributed by atoms with Crippen LogP contribution in [0.4, 0.5) is 0 Å². The Hall–Kier alpha value is -1.95. The topological polar surface area (TPSA) is 31.4 Å². The van der Waals surface area contributed by atoms with Crippen molar-refractivity contribution in [3.05, 3.63) is 83.1 Å². The molecule has 0 N–H and O–H groups in total. The van der Waals surface area contributed by atoms with Crippen molar-refractivity contribution in [3.8, 4) is 5.75 Å². The van der Waals surface area contributed by atoms with Crippen LogP contribution in [0.25, 0.3) is 0 Å². The largest absolute Gasteiger partial charge is 0.494 e. The summed E-state index contributed by atoms with van der Waals surface area (Å²) in [4.78, 5) is 4.61. The molecule has 0 spiro atoms. The number of ether oxygens (including phenoxy) is 1. The fraction of sp³-hybridized carbons (Fsp3) is 0.261. The Kier molecular flexibility index (Phi) is 6.38. The summed E-state index contributed by atoms with van der Waals surface area (Å²) in [7, 11) is -0.919. The molecule has 0 saturated carbocycles. The van der Waals surface area contributed by atoms with Gasteiger partial charge in [0.2, 0.25) is 0 Å². The molecule has 1 aromatic heterocycles. The Morgan fingerprint density at radius 3 is 1.82 bits per heavy atom. The third-order valence-corrected chi connectivity index (χ3v) is 10.5. The average molecular weight is 456 g/mol. The van der Waals surface area contributed by atoms with Gasteiger partial charge in [-0.25, -0.2) is 4.98 Å². The van der Waals surface area contributed by atoms with Crippen LogP contribution in [0, 0.1) is 0 Å². The summed E-state index contributed by atoms with van der Waals surface area (Å²) in [6, 6.07) is 25.1. The lowest BCUT2D eigenvalue weighted by atomic mass is 10.2. The molecular weight excluding hydrogens is 430 g/mol. The molecule has 3 aromatic rings. The molecule has 0 saturated heterocycles. The summed E-state index contributed by atoms with van der Waals surface area (Å²) < 4.78 is 12.9. The first-order chi connectivity index (χ1) is 13.4. The number of hydrogen-bond donors (Lipinski definition) is 0. The van der Waals surface area contributed by atoms with Gasteiger partial charge in [-0.1, -0.05) is 81.4 Å². The summed E-state index contributed by atoms with van der Waals surface area (Å²) in [5, 5.41) is 2.47. The molecule has 0 fully saturated rings. The molecule has 3 rings (SSSR count).